The summed E-state index contributed by atoms with van der Waals surface area (Å²) >= 11 is 0. The molecule has 3 aromatic heterocycles. The smallest absolute Gasteiger partial charge is 0.253 e. The maximum absolute atomic E-state index is 13.0. The monoisotopic (exact) mass is 480 g/mol. The molecule has 0 bridgehead atoms. The number of hydrogen-bond donors (Lipinski definition) is 2. The Bertz CT molecular complexity index is 1350. The number of rotatable bonds is 6. The van der Waals surface area contributed by atoms with Crippen molar-refractivity contribution in [2.24, 2.45) is 0 Å². The molecule has 3 aromatic rings. The summed E-state index contributed by atoms with van der Waals surface area (Å²) in [7, 11) is -3.48. The van der Waals surface area contributed by atoms with Crippen LogP contribution in [0.2, 0.25) is 0 Å². The molecule has 10 heteroatoms. The average molecular weight is 481 g/mol. The highest BCUT2D eigenvalue weighted by molar-refractivity contribution is 7.92. The quantitative estimate of drug-likeness (QED) is 0.554. The Morgan fingerprint density at radius 3 is 2.74 bits per heavy atom. The Hall–Kier alpha value is -3.29. The van der Waals surface area contributed by atoms with Crippen molar-refractivity contribution in [2.45, 2.75) is 56.0 Å². The second-order valence-corrected chi connectivity index (χ2v) is 11.5. The van der Waals surface area contributed by atoms with Gasteiger partial charge >= 0.3 is 0 Å². The number of carbonyl (C=O) groups excluding carboxylic acids is 1. The summed E-state index contributed by atoms with van der Waals surface area (Å²) in [5, 5.41) is 20.1. The predicted octanol–water partition coefficient (Wildman–Crippen LogP) is 2.41. The molecule has 9 nitrogen and oxygen atoms in total. The molecule has 0 radical (unpaired) electrons. The van der Waals surface area contributed by atoms with E-state index in [2.05, 4.69) is 26.8 Å². The first kappa shape index (κ1) is 23.9. The van der Waals surface area contributed by atoms with E-state index in [0.29, 0.717) is 24.0 Å². The van der Waals surface area contributed by atoms with E-state index in [1.807, 2.05) is 26.0 Å². The molecular formula is C24H28N6O3S. The van der Waals surface area contributed by atoms with Crippen LogP contribution in [0.5, 0.6) is 0 Å². The van der Waals surface area contributed by atoms with Crippen molar-refractivity contribution in [2.75, 3.05) is 6.26 Å². The third-order valence-corrected chi connectivity index (χ3v) is 8.34. The standard InChI is InChI=1S/C24H28N6O3S/c1-16(2)29-24(34(3,32)33)9-8-21(28-23(31)18-5-4-10-26-15-18)20(12-24)22-7-6-19-11-17(13-25)14-27-30(19)22/h4-7,10-11,14-16,20-21,29H,8-9,12H2,1-3H3,(H,28,31). The zero-order valence-electron chi connectivity index (χ0n) is 19.4. The Morgan fingerprint density at radius 2 is 2.09 bits per heavy atom. The summed E-state index contributed by atoms with van der Waals surface area (Å²) in [6.07, 6.45) is 6.97. The number of amides is 1. The van der Waals surface area contributed by atoms with Gasteiger partial charge in [0.15, 0.2) is 9.84 Å². The molecule has 3 heterocycles. The molecule has 1 saturated carbocycles. The van der Waals surface area contributed by atoms with E-state index in [9.17, 15) is 18.5 Å². The minimum absolute atomic E-state index is 0.0442. The molecule has 4 rings (SSSR count). The minimum Gasteiger partial charge on any atom is -0.349 e. The summed E-state index contributed by atoms with van der Waals surface area (Å²) in [6, 6.07) is 10.6. The largest absolute Gasteiger partial charge is 0.349 e. The summed E-state index contributed by atoms with van der Waals surface area (Å²) in [4.78, 5) is 15.9. The van der Waals surface area contributed by atoms with E-state index in [0.717, 1.165) is 11.2 Å². The van der Waals surface area contributed by atoms with Crippen LogP contribution in [0.3, 0.4) is 0 Å². The van der Waals surface area contributed by atoms with Crippen molar-refractivity contribution in [3.8, 4) is 6.07 Å². The van der Waals surface area contributed by atoms with E-state index in [-0.39, 0.29) is 30.3 Å². The number of aromatic nitrogens is 3. The molecule has 1 fully saturated rings. The molecule has 3 atom stereocenters. The number of fused-ring (bicyclic) bond motifs is 1. The van der Waals surface area contributed by atoms with Crippen LogP contribution in [-0.4, -0.2) is 52.1 Å². The predicted molar refractivity (Wildman–Crippen MR) is 128 cm³/mol. The Kier molecular flexibility index (Phi) is 6.43. The fourth-order valence-corrected chi connectivity index (χ4v) is 6.31. The van der Waals surface area contributed by atoms with Crippen LogP contribution < -0.4 is 10.6 Å². The topological polar surface area (TPSA) is 129 Å². The number of nitrogens with zero attached hydrogens (tertiary/aromatic N) is 4. The first-order valence-corrected chi connectivity index (χ1v) is 13.1. The van der Waals surface area contributed by atoms with Crippen LogP contribution in [0.4, 0.5) is 0 Å². The second kappa shape index (κ2) is 9.16. The van der Waals surface area contributed by atoms with E-state index in [1.165, 1.54) is 18.6 Å². The van der Waals surface area contributed by atoms with Gasteiger partial charge in [0.2, 0.25) is 0 Å². The van der Waals surface area contributed by atoms with E-state index in [4.69, 9.17) is 0 Å². The first-order valence-electron chi connectivity index (χ1n) is 11.2. The van der Waals surface area contributed by atoms with Crippen LogP contribution in [0.25, 0.3) is 5.52 Å². The van der Waals surface area contributed by atoms with Crippen LogP contribution >= 0.6 is 0 Å². The lowest BCUT2D eigenvalue weighted by Crippen LogP contribution is -2.60. The van der Waals surface area contributed by atoms with Gasteiger partial charge in [0.1, 0.15) is 10.9 Å². The lowest BCUT2D eigenvalue weighted by molar-refractivity contribution is 0.0909. The van der Waals surface area contributed by atoms with Gasteiger partial charge in [-0.1, -0.05) is 0 Å². The van der Waals surface area contributed by atoms with Gasteiger partial charge in [-0.2, -0.15) is 10.4 Å². The molecule has 0 spiro atoms. The van der Waals surface area contributed by atoms with Gasteiger partial charge in [0, 0.05) is 42.3 Å². The summed E-state index contributed by atoms with van der Waals surface area (Å²) in [5.74, 6) is -0.592. The highest BCUT2D eigenvalue weighted by Crippen LogP contribution is 2.42. The Morgan fingerprint density at radius 1 is 1.29 bits per heavy atom. The number of sulfone groups is 1. The van der Waals surface area contributed by atoms with Crippen LogP contribution in [-0.2, 0) is 9.84 Å². The average Bonchev–Trinajstić information content (AvgIpc) is 3.22. The fourth-order valence-electron chi connectivity index (χ4n) is 4.88. The number of hydrogen-bond acceptors (Lipinski definition) is 7. The van der Waals surface area contributed by atoms with Crippen molar-refractivity contribution >= 4 is 21.3 Å². The van der Waals surface area contributed by atoms with Crippen molar-refractivity contribution in [1.82, 2.24) is 25.2 Å². The zero-order chi connectivity index (χ0) is 24.5. The SMILES string of the molecule is CC(C)NC1(S(C)(=O)=O)CCC(NC(=O)c2cccnc2)C(c2ccc3cc(C#N)cnn23)C1. The molecule has 1 aliphatic carbocycles. The van der Waals surface area contributed by atoms with E-state index >= 15 is 0 Å². The van der Waals surface area contributed by atoms with Crippen LogP contribution in [0, 0.1) is 11.3 Å². The first-order chi connectivity index (χ1) is 16.1. The van der Waals surface area contributed by atoms with Gasteiger partial charge in [-0.15, -0.1) is 0 Å². The number of nitriles is 1. The summed E-state index contributed by atoms with van der Waals surface area (Å²) in [5.41, 5.74) is 2.40. The lowest BCUT2D eigenvalue weighted by atomic mass is 9.78. The molecule has 1 amide bonds. The molecule has 0 aromatic carbocycles. The molecule has 0 aliphatic heterocycles. The van der Waals surface area contributed by atoms with Crippen molar-refractivity contribution in [3.63, 3.8) is 0 Å². The number of pyridine rings is 1. The second-order valence-electron chi connectivity index (χ2n) is 9.19. The van der Waals surface area contributed by atoms with Gasteiger partial charge < -0.3 is 5.32 Å². The Balaban J connectivity index is 1.77. The lowest BCUT2D eigenvalue weighted by Gasteiger charge is -2.45. The van der Waals surface area contributed by atoms with Gasteiger partial charge in [-0.3, -0.25) is 15.1 Å². The molecule has 2 N–H and O–H groups in total. The van der Waals surface area contributed by atoms with E-state index < -0.39 is 14.7 Å². The van der Waals surface area contributed by atoms with Crippen molar-refractivity contribution in [3.05, 3.63) is 65.7 Å². The maximum Gasteiger partial charge on any atom is 0.253 e. The van der Waals surface area contributed by atoms with Gasteiger partial charge in [0.25, 0.3) is 5.91 Å². The molecule has 178 valence electrons. The normalized spacial score (nSPS) is 23.0. The molecule has 1 aliphatic rings. The molecule has 34 heavy (non-hydrogen) atoms. The maximum atomic E-state index is 13.0. The van der Waals surface area contributed by atoms with Gasteiger partial charge in [-0.05, 0) is 63.4 Å². The molecule has 3 unspecified atom stereocenters. The summed E-state index contributed by atoms with van der Waals surface area (Å²) in [6.45, 7) is 3.85. The zero-order valence-corrected chi connectivity index (χ0v) is 20.2. The van der Waals surface area contributed by atoms with Crippen LogP contribution in [0.1, 0.15) is 60.6 Å². The third kappa shape index (κ3) is 4.54. The number of nitrogens with one attached hydrogen (secondary N) is 2. The van der Waals surface area contributed by atoms with Gasteiger partial charge in [0.05, 0.1) is 22.8 Å². The Labute approximate surface area is 199 Å². The number of carbonyl (C=O) groups is 1. The van der Waals surface area contributed by atoms with Crippen molar-refractivity contribution < 1.29 is 13.2 Å². The fraction of sp³-hybridized carbons (Fsp3) is 0.417. The van der Waals surface area contributed by atoms with E-state index in [1.54, 1.807) is 28.9 Å². The highest BCUT2D eigenvalue weighted by atomic mass is 32.2. The van der Waals surface area contributed by atoms with Crippen molar-refractivity contribution in [1.29, 1.82) is 5.26 Å². The third-order valence-electron chi connectivity index (χ3n) is 6.43. The summed E-state index contributed by atoms with van der Waals surface area (Å²) < 4.78 is 27.8. The molecule has 0 saturated heterocycles. The van der Waals surface area contributed by atoms with Crippen LogP contribution in [0.15, 0.2) is 48.9 Å². The highest BCUT2D eigenvalue weighted by Gasteiger charge is 2.49. The van der Waals surface area contributed by atoms with Gasteiger partial charge in [-0.25, -0.2) is 12.9 Å². The molecular weight excluding hydrogens is 452 g/mol. The minimum atomic E-state index is -3.48.